The topological polar surface area (TPSA) is 65.5 Å². The van der Waals surface area contributed by atoms with E-state index in [0.29, 0.717) is 22.3 Å². The van der Waals surface area contributed by atoms with E-state index in [1.54, 1.807) is 12.1 Å². The average molecular weight is 313 g/mol. The van der Waals surface area contributed by atoms with Crippen molar-refractivity contribution in [2.45, 2.75) is 19.8 Å². The van der Waals surface area contributed by atoms with Gasteiger partial charge in [-0.05, 0) is 37.4 Å². The number of hydrogen-bond donors (Lipinski definition) is 2. The minimum atomic E-state index is -0.920. The molecule has 5 heteroatoms. The molecule has 3 rings (SSSR count). The number of hydrogen-bond acceptors (Lipinski definition) is 4. The highest BCUT2D eigenvalue weighted by Gasteiger charge is 2.16. The van der Waals surface area contributed by atoms with Crippen molar-refractivity contribution in [1.29, 1.82) is 0 Å². The number of pyridine rings is 1. The van der Waals surface area contributed by atoms with Crippen LogP contribution in [0.3, 0.4) is 0 Å². The summed E-state index contributed by atoms with van der Waals surface area (Å²) in [6, 6.07) is 8.98. The van der Waals surface area contributed by atoms with E-state index in [0.717, 1.165) is 32.1 Å². The largest absolute Gasteiger partial charge is 0.478 e. The molecule has 1 aliphatic heterocycles. The summed E-state index contributed by atoms with van der Waals surface area (Å²) in [6.45, 7) is 6.33. The molecule has 0 bridgehead atoms. The van der Waals surface area contributed by atoms with E-state index >= 15 is 0 Å². The molecule has 0 saturated carbocycles. The van der Waals surface area contributed by atoms with Gasteiger partial charge in [0.25, 0.3) is 0 Å². The van der Waals surface area contributed by atoms with Crippen LogP contribution < -0.4 is 5.32 Å². The summed E-state index contributed by atoms with van der Waals surface area (Å²) in [6.07, 6.45) is 2.58. The summed E-state index contributed by atoms with van der Waals surface area (Å²) in [4.78, 5) is 18.4. The predicted octanol–water partition coefficient (Wildman–Crippen LogP) is 3.08. The van der Waals surface area contributed by atoms with Crippen molar-refractivity contribution in [2.24, 2.45) is 5.92 Å². The number of benzene rings is 1. The lowest BCUT2D eigenvalue weighted by Gasteiger charge is -2.30. The third kappa shape index (κ3) is 3.79. The number of aromatic carboxylic acids is 1. The Bertz CT molecular complexity index is 702. The number of para-hydroxylation sites is 1. The predicted molar refractivity (Wildman–Crippen MR) is 92.0 cm³/mol. The molecule has 0 aliphatic carbocycles. The maximum absolute atomic E-state index is 11.5. The third-order valence-corrected chi connectivity index (χ3v) is 4.42. The molecule has 23 heavy (non-hydrogen) atoms. The number of rotatable bonds is 5. The summed E-state index contributed by atoms with van der Waals surface area (Å²) in [5.74, 6) is 0.476. The molecule has 122 valence electrons. The van der Waals surface area contributed by atoms with Crippen LogP contribution >= 0.6 is 0 Å². The number of likely N-dealkylation sites (tertiary alicyclic amines) is 1. The van der Waals surface area contributed by atoms with Crippen molar-refractivity contribution >= 4 is 22.7 Å². The van der Waals surface area contributed by atoms with Gasteiger partial charge >= 0.3 is 5.97 Å². The van der Waals surface area contributed by atoms with Crippen molar-refractivity contribution in [3.63, 3.8) is 0 Å². The normalized spacial score (nSPS) is 18.9. The van der Waals surface area contributed by atoms with E-state index in [4.69, 9.17) is 0 Å². The van der Waals surface area contributed by atoms with E-state index in [2.05, 4.69) is 22.1 Å². The van der Waals surface area contributed by atoms with Crippen molar-refractivity contribution < 1.29 is 9.90 Å². The van der Waals surface area contributed by atoms with Gasteiger partial charge in [-0.2, -0.15) is 0 Å². The molecule has 1 aromatic heterocycles. The molecule has 1 saturated heterocycles. The van der Waals surface area contributed by atoms with Crippen LogP contribution in [-0.4, -0.2) is 47.1 Å². The van der Waals surface area contributed by atoms with Crippen LogP contribution in [0.25, 0.3) is 10.9 Å². The number of fused-ring (bicyclic) bond motifs is 1. The van der Waals surface area contributed by atoms with Gasteiger partial charge in [0.15, 0.2) is 0 Å². The number of carbonyl (C=O) groups is 1. The molecular formula is C18H23N3O2. The third-order valence-electron chi connectivity index (χ3n) is 4.42. The van der Waals surface area contributed by atoms with Crippen molar-refractivity contribution in [1.82, 2.24) is 9.88 Å². The second kappa shape index (κ2) is 6.96. The number of aromatic nitrogens is 1. The molecule has 1 atom stereocenters. The van der Waals surface area contributed by atoms with Gasteiger partial charge in [-0.25, -0.2) is 9.78 Å². The number of nitrogens with one attached hydrogen (secondary N) is 1. The summed E-state index contributed by atoms with van der Waals surface area (Å²) >= 11 is 0. The molecule has 0 amide bonds. The molecule has 0 spiro atoms. The fourth-order valence-electron chi connectivity index (χ4n) is 3.27. The van der Waals surface area contributed by atoms with Crippen LogP contribution in [0.1, 0.15) is 30.1 Å². The van der Waals surface area contributed by atoms with Crippen LogP contribution in [-0.2, 0) is 0 Å². The lowest BCUT2D eigenvalue weighted by molar-refractivity contribution is 0.0699. The van der Waals surface area contributed by atoms with Gasteiger partial charge in [0.05, 0.1) is 11.1 Å². The van der Waals surface area contributed by atoms with E-state index in [1.807, 2.05) is 18.2 Å². The first-order valence-corrected chi connectivity index (χ1v) is 8.23. The molecule has 1 aromatic carbocycles. The number of nitrogens with zero attached hydrogens (tertiary/aromatic N) is 2. The molecule has 2 aromatic rings. The molecule has 2 N–H and O–H groups in total. The maximum Gasteiger partial charge on any atom is 0.336 e. The van der Waals surface area contributed by atoms with Crippen molar-refractivity contribution in [3.8, 4) is 0 Å². The smallest absolute Gasteiger partial charge is 0.336 e. The standard InChI is InChI=1S/C18H23N3O2/c1-13-5-4-9-21(12-13)10-8-19-17-11-15(18(22)23)14-6-2-3-7-16(14)20-17/h2-3,6-7,11,13H,4-5,8-10,12H2,1H3,(H,19,20)(H,22,23)/t13-/m1/s1. The summed E-state index contributed by atoms with van der Waals surface area (Å²) in [7, 11) is 0. The highest BCUT2D eigenvalue weighted by molar-refractivity contribution is 6.03. The highest BCUT2D eigenvalue weighted by atomic mass is 16.4. The summed E-state index contributed by atoms with van der Waals surface area (Å²) in [5, 5.41) is 13.4. The maximum atomic E-state index is 11.5. The SMILES string of the molecule is C[C@@H]1CCCN(CCNc2cc(C(=O)O)c3ccccc3n2)C1. The summed E-state index contributed by atoms with van der Waals surface area (Å²) < 4.78 is 0. The Kier molecular flexibility index (Phi) is 4.76. The fourth-order valence-corrected chi connectivity index (χ4v) is 3.27. The average Bonchev–Trinajstić information content (AvgIpc) is 2.54. The number of piperidine rings is 1. The van der Waals surface area contributed by atoms with E-state index < -0.39 is 5.97 Å². The molecule has 1 fully saturated rings. The zero-order chi connectivity index (χ0) is 16.2. The van der Waals surface area contributed by atoms with Crippen LogP contribution in [0.5, 0.6) is 0 Å². The first-order valence-electron chi connectivity index (χ1n) is 8.23. The minimum Gasteiger partial charge on any atom is -0.478 e. The Morgan fingerprint density at radius 3 is 3.04 bits per heavy atom. The minimum absolute atomic E-state index is 0.296. The van der Waals surface area contributed by atoms with Crippen LogP contribution in [0.4, 0.5) is 5.82 Å². The second-order valence-electron chi connectivity index (χ2n) is 6.35. The van der Waals surface area contributed by atoms with Crippen molar-refractivity contribution in [2.75, 3.05) is 31.5 Å². The van der Waals surface area contributed by atoms with Crippen molar-refractivity contribution in [3.05, 3.63) is 35.9 Å². The van der Waals surface area contributed by atoms with Gasteiger partial charge in [0, 0.05) is 25.0 Å². The highest BCUT2D eigenvalue weighted by Crippen LogP contribution is 2.21. The van der Waals surface area contributed by atoms with Gasteiger partial charge in [0.2, 0.25) is 0 Å². The zero-order valence-electron chi connectivity index (χ0n) is 13.5. The number of carboxylic acid groups (broad SMARTS) is 1. The quantitative estimate of drug-likeness (QED) is 0.888. The van der Waals surface area contributed by atoms with Crippen LogP contribution in [0, 0.1) is 5.92 Å². The zero-order valence-corrected chi connectivity index (χ0v) is 13.5. The second-order valence-corrected chi connectivity index (χ2v) is 6.35. The fraction of sp³-hybridized carbons (Fsp3) is 0.444. The Morgan fingerprint density at radius 1 is 1.43 bits per heavy atom. The van der Waals surface area contributed by atoms with Crippen LogP contribution in [0.15, 0.2) is 30.3 Å². The molecule has 1 aliphatic rings. The van der Waals surface area contributed by atoms with E-state index in [1.165, 1.54) is 12.8 Å². The van der Waals surface area contributed by atoms with Gasteiger partial charge in [-0.15, -0.1) is 0 Å². The summed E-state index contributed by atoms with van der Waals surface area (Å²) in [5.41, 5.74) is 1.01. The lowest BCUT2D eigenvalue weighted by atomic mass is 10.0. The Balaban J connectivity index is 1.69. The number of carboxylic acids is 1. The molecule has 5 nitrogen and oxygen atoms in total. The number of anilines is 1. The molecule has 2 heterocycles. The Labute approximate surface area is 136 Å². The Morgan fingerprint density at radius 2 is 2.26 bits per heavy atom. The van der Waals surface area contributed by atoms with Gasteiger partial charge in [0.1, 0.15) is 5.82 Å². The van der Waals surface area contributed by atoms with Crippen LogP contribution in [0.2, 0.25) is 0 Å². The first kappa shape index (κ1) is 15.7. The Hall–Kier alpha value is -2.14. The molecular weight excluding hydrogens is 290 g/mol. The van der Waals surface area contributed by atoms with Gasteiger partial charge in [-0.1, -0.05) is 25.1 Å². The van der Waals surface area contributed by atoms with Gasteiger partial charge < -0.3 is 15.3 Å². The van der Waals surface area contributed by atoms with E-state index in [-0.39, 0.29) is 0 Å². The van der Waals surface area contributed by atoms with E-state index in [9.17, 15) is 9.90 Å². The first-order chi connectivity index (χ1) is 11.1. The van der Waals surface area contributed by atoms with Gasteiger partial charge in [-0.3, -0.25) is 0 Å². The lowest BCUT2D eigenvalue weighted by Crippen LogP contribution is -2.37. The molecule has 0 radical (unpaired) electrons. The monoisotopic (exact) mass is 313 g/mol. The molecule has 0 unspecified atom stereocenters.